The molecule has 0 aromatic heterocycles. The molecule has 1 heterocycles. The van der Waals surface area contributed by atoms with Gasteiger partial charge in [0.2, 0.25) is 0 Å². The van der Waals surface area contributed by atoms with Crippen LogP contribution in [0.15, 0.2) is 65.8 Å². The molecule has 200 valence electrons. The van der Waals surface area contributed by atoms with E-state index < -0.39 is 18.4 Å². The monoisotopic (exact) mass is 510 g/mol. The number of benzene rings is 2. The van der Waals surface area contributed by atoms with Gasteiger partial charge in [0.15, 0.2) is 6.29 Å². The molecule has 1 fully saturated rings. The molecule has 5 atom stereocenters. The predicted octanol–water partition coefficient (Wildman–Crippen LogP) is 5.82. The SMILES string of the molecule is CCC1O[C@H](OCCCCCN(Cc2ccccc2)C(=O)OCc2ccccc2)C(N=[N+]=[N-])[C@@H](C)[C@@H]1O. The molecule has 3 rings (SSSR count). The van der Waals surface area contributed by atoms with Gasteiger partial charge in [-0.05, 0) is 48.3 Å². The minimum absolute atomic E-state index is 0.235. The van der Waals surface area contributed by atoms with E-state index in [1.807, 2.05) is 74.5 Å². The number of nitrogens with zero attached hydrogens (tertiary/aromatic N) is 4. The maximum atomic E-state index is 12.9. The zero-order valence-electron chi connectivity index (χ0n) is 21.7. The maximum Gasteiger partial charge on any atom is 0.410 e. The molecule has 1 N–H and O–H groups in total. The van der Waals surface area contributed by atoms with Crippen molar-refractivity contribution in [1.29, 1.82) is 0 Å². The Kier molecular flexibility index (Phi) is 11.7. The van der Waals surface area contributed by atoms with E-state index >= 15 is 0 Å². The Morgan fingerprint density at radius 2 is 1.76 bits per heavy atom. The van der Waals surface area contributed by atoms with Gasteiger partial charge in [-0.15, -0.1) is 0 Å². The number of ether oxygens (including phenoxy) is 3. The highest BCUT2D eigenvalue weighted by Gasteiger charge is 2.42. The van der Waals surface area contributed by atoms with Gasteiger partial charge in [0.05, 0.1) is 18.2 Å². The summed E-state index contributed by atoms with van der Waals surface area (Å²) in [4.78, 5) is 17.5. The predicted molar refractivity (Wildman–Crippen MR) is 140 cm³/mol. The van der Waals surface area contributed by atoms with E-state index in [-0.39, 0.29) is 24.7 Å². The van der Waals surface area contributed by atoms with E-state index in [0.29, 0.717) is 26.1 Å². The first-order valence-electron chi connectivity index (χ1n) is 13.0. The standard InChI is InChI=1S/C28H38N4O5/c1-3-24-26(33)21(2)25(30-31-29)27(37-24)35-18-12-6-11-17-32(19-22-13-7-4-8-14-22)28(34)36-20-23-15-9-5-10-16-23/h4-5,7-10,13-16,21,24-27,33H,3,6,11-12,17-20H2,1-2H3/t21-,24?,25?,26+,27+/m1/s1. The second-order valence-electron chi connectivity index (χ2n) is 9.38. The normalized spacial score (nSPS) is 23.2. The smallest absolute Gasteiger partial charge is 0.410 e. The highest BCUT2D eigenvalue weighted by atomic mass is 16.7. The number of aliphatic hydroxyl groups excluding tert-OH is 1. The fraction of sp³-hybridized carbons (Fsp3) is 0.536. The van der Waals surface area contributed by atoms with Gasteiger partial charge in [0.1, 0.15) is 6.61 Å². The number of azide groups is 1. The van der Waals surface area contributed by atoms with Gasteiger partial charge in [-0.1, -0.05) is 79.6 Å². The molecular weight excluding hydrogens is 472 g/mol. The van der Waals surface area contributed by atoms with Crippen molar-refractivity contribution in [2.24, 2.45) is 11.0 Å². The summed E-state index contributed by atoms with van der Waals surface area (Å²) in [6, 6.07) is 18.9. The lowest BCUT2D eigenvalue weighted by molar-refractivity contribution is -0.246. The highest BCUT2D eigenvalue weighted by molar-refractivity contribution is 5.67. The van der Waals surface area contributed by atoms with Crippen LogP contribution >= 0.6 is 0 Å². The first-order chi connectivity index (χ1) is 18.0. The summed E-state index contributed by atoms with van der Waals surface area (Å²) in [5.74, 6) is -0.256. The Labute approximate surface area is 219 Å². The molecule has 1 amide bonds. The molecule has 0 aliphatic carbocycles. The molecule has 1 aliphatic heterocycles. The van der Waals surface area contributed by atoms with Gasteiger partial charge in [-0.25, -0.2) is 4.79 Å². The second-order valence-corrected chi connectivity index (χ2v) is 9.38. The van der Waals surface area contributed by atoms with Crippen molar-refractivity contribution < 1.29 is 24.1 Å². The summed E-state index contributed by atoms with van der Waals surface area (Å²) >= 11 is 0. The zero-order valence-corrected chi connectivity index (χ0v) is 21.7. The average Bonchev–Trinajstić information content (AvgIpc) is 2.93. The van der Waals surface area contributed by atoms with E-state index in [9.17, 15) is 9.90 Å². The van der Waals surface area contributed by atoms with Gasteiger partial charge in [0.25, 0.3) is 0 Å². The van der Waals surface area contributed by atoms with E-state index in [1.165, 1.54) is 0 Å². The zero-order chi connectivity index (χ0) is 26.5. The molecule has 2 aromatic rings. The van der Waals surface area contributed by atoms with Crippen LogP contribution in [-0.4, -0.2) is 53.8 Å². The van der Waals surface area contributed by atoms with Gasteiger partial charge < -0.3 is 24.2 Å². The second kappa shape index (κ2) is 15.2. The lowest BCUT2D eigenvalue weighted by Crippen LogP contribution is -2.53. The number of aliphatic hydroxyl groups is 1. The Balaban J connectivity index is 1.47. The van der Waals surface area contributed by atoms with Crippen LogP contribution in [0.25, 0.3) is 10.4 Å². The van der Waals surface area contributed by atoms with Crippen LogP contribution in [0.4, 0.5) is 4.79 Å². The van der Waals surface area contributed by atoms with Crippen molar-refractivity contribution in [3.63, 3.8) is 0 Å². The molecule has 1 aliphatic rings. The molecular formula is C28H38N4O5. The van der Waals surface area contributed by atoms with Crippen molar-refractivity contribution in [3.8, 4) is 0 Å². The molecule has 0 radical (unpaired) electrons. The van der Waals surface area contributed by atoms with Gasteiger partial charge in [-0.2, -0.15) is 0 Å². The minimum atomic E-state index is -0.697. The number of carbonyl (C=O) groups is 1. The molecule has 2 unspecified atom stereocenters. The lowest BCUT2D eigenvalue weighted by Gasteiger charge is -2.41. The van der Waals surface area contributed by atoms with Crippen molar-refractivity contribution in [1.82, 2.24) is 4.90 Å². The number of carbonyl (C=O) groups excluding carboxylic acids is 1. The van der Waals surface area contributed by atoms with Crippen LogP contribution in [0.3, 0.4) is 0 Å². The van der Waals surface area contributed by atoms with E-state index in [1.54, 1.807) is 4.90 Å². The van der Waals surface area contributed by atoms with Crippen molar-refractivity contribution >= 4 is 6.09 Å². The van der Waals surface area contributed by atoms with E-state index in [4.69, 9.17) is 19.7 Å². The fourth-order valence-corrected chi connectivity index (χ4v) is 4.45. The number of rotatable bonds is 13. The topological polar surface area (TPSA) is 117 Å². The van der Waals surface area contributed by atoms with Crippen LogP contribution in [-0.2, 0) is 27.4 Å². The summed E-state index contributed by atoms with van der Waals surface area (Å²) in [6.45, 7) is 5.50. The van der Waals surface area contributed by atoms with Gasteiger partial charge in [0, 0.05) is 24.6 Å². The minimum Gasteiger partial charge on any atom is -0.445 e. The average molecular weight is 511 g/mol. The Hall–Kier alpha value is -3.10. The molecule has 9 heteroatoms. The van der Waals surface area contributed by atoms with Crippen molar-refractivity contribution in [2.75, 3.05) is 13.2 Å². The largest absolute Gasteiger partial charge is 0.445 e. The summed E-state index contributed by atoms with van der Waals surface area (Å²) in [7, 11) is 0. The third-order valence-corrected chi connectivity index (χ3v) is 6.67. The first kappa shape index (κ1) is 28.5. The quantitative estimate of drug-likeness (QED) is 0.158. The number of hydrogen-bond acceptors (Lipinski definition) is 6. The van der Waals surface area contributed by atoms with E-state index in [2.05, 4.69) is 10.0 Å². The van der Waals surface area contributed by atoms with Gasteiger partial charge in [-0.3, -0.25) is 0 Å². The summed E-state index contributed by atoms with van der Waals surface area (Å²) in [5.41, 5.74) is 10.9. The van der Waals surface area contributed by atoms with Crippen molar-refractivity contribution in [3.05, 3.63) is 82.2 Å². The molecule has 0 spiro atoms. The third-order valence-electron chi connectivity index (χ3n) is 6.67. The summed E-state index contributed by atoms with van der Waals surface area (Å²) in [6.07, 6.45) is 0.967. The molecule has 0 saturated carbocycles. The van der Waals surface area contributed by atoms with Crippen LogP contribution in [0.1, 0.15) is 50.7 Å². The van der Waals surface area contributed by atoms with Crippen LogP contribution < -0.4 is 0 Å². The number of amides is 1. The number of hydrogen-bond donors (Lipinski definition) is 1. The third kappa shape index (κ3) is 8.76. The first-order valence-corrected chi connectivity index (χ1v) is 13.0. The molecule has 2 aromatic carbocycles. The van der Waals surface area contributed by atoms with Crippen molar-refractivity contribution in [2.45, 2.75) is 77.2 Å². The van der Waals surface area contributed by atoms with Crippen LogP contribution in [0, 0.1) is 5.92 Å². The lowest BCUT2D eigenvalue weighted by atomic mass is 9.88. The highest BCUT2D eigenvalue weighted by Crippen LogP contribution is 2.30. The molecule has 1 saturated heterocycles. The molecule has 0 bridgehead atoms. The fourth-order valence-electron chi connectivity index (χ4n) is 4.45. The summed E-state index contributed by atoms with van der Waals surface area (Å²) in [5, 5.41) is 14.2. The molecule has 9 nitrogen and oxygen atoms in total. The Bertz CT molecular complexity index is 987. The number of unbranched alkanes of at least 4 members (excludes halogenated alkanes) is 2. The Morgan fingerprint density at radius 1 is 1.08 bits per heavy atom. The van der Waals surface area contributed by atoms with Crippen LogP contribution in [0.2, 0.25) is 0 Å². The van der Waals surface area contributed by atoms with Crippen LogP contribution in [0.5, 0.6) is 0 Å². The van der Waals surface area contributed by atoms with E-state index in [0.717, 1.165) is 30.4 Å². The maximum absolute atomic E-state index is 12.9. The molecule has 37 heavy (non-hydrogen) atoms. The Morgan fingerprint density at radius 3 is 2.41 bits per heavy atom. The summed E-state index contributed by atoms with van der Waals surface area (Å²) < 4.78 is 17.4. The van der Waals surface area contributed by atoms with Gasteiger partial charge >= 0.3 is 6.09 Å².